The highest BCUT2D eigenvalue weighted by molar-refractivity contribution is 5.86. The van der Waals surface area contributed by atoms with Gasteiger partial charge in [0.25, 0.3) is 0 Å². The zero-order valence-corrected chi connectivity index (χ0v) is 5.50. The Hall–Kier alpha value is -1.26. The molecular weight excluding hydrogens is 136 g/mol. The number of carbonyl (C=O) groups is 2. The van der Waals surface area contributed by atoms with E-state index in [0.29, 0.717) is 0 Å². The van der Waals surface area contributed by atoms with E-state index in [-0.39, 0.29) is 12.6 Å². The number of nitrogens with one attached hydrogen (secondary N) is 1. The average molecular weight is 144 g/mol. The maximum atomic E-state index is 10.6. The maximum Gasteiger partial charge on any atom is 0.328 e. The number of likely N-dealkylation sites (N-methyl/N-ethyl adjacent to an activating group) is 1. The summed E-state index contributed by atoms with van der Waals surface area (Å²) in [6, 6.07) is -1.03. The first-order chi connectivity index (χ1) is 4.63. The number of carboxylic acids is 1. The van der Waals surface area contributed by atoms with Crippen LogP contribution in [0.4, 0.5) is 4.79 Å². The first kappa shape index (κ1) is 6.85. The van der Waals surface area contributed by atoms with Crippen LogP contribution in [-0.2, 0) is 4.79 Å². The normalized spacial score (nSPS) is 24.7. The van der Waals surface area contributed by atoms with Crippen molar-refractivity contribution in [2.45, 2.75) is 6.04 Å². The van der Waals surface area contributed by atoms with Gasteiger partial charge in [-0.15, -0.1) is 0 Å². The van der Waals surface area contributed by atoms with E-state index in [1.165, 1.54) is 11.9 Å². The molecular formula is C5H8N2O3. The molecule has 0 saturated carbocycles. The van der Waals surface area contributed by atoms with E-state index in [1.807, 2.05) is 0 Å². The summed E-state index contributed by atoms with van der Waals surface area (Å²) in [5.74, 6) is -0.971. The lowest BCUT2D eigenvalue weighted by molar-refractivity contribution is -0.140. The molecule has 1 saturated heterocycles. The lowest BCUT2D eigenvalue weighted by Gasteiger charge is -2.11. The van der Waals surface area contributed by atoms with Gasteiger partial charge in [0.15, 0.2) is 0 Å². The van der Waals surface area contributed by atoms with Crippen molar-refractivity contribution >= 4 is 12.0 Å². The summed E-state index contributed by atoms with van der Waals surface area (Å²) in [6.45, 7) is 0.199. The number of nitrogens with zero attached hydrogens (tertiary/aromatic N) is 1. The Morgan fingerprint density at radius 3 is 2.70 bits per heavy atom. The van der Waals surface area contributed by atoms with Gasteiger partial charge in [-0.25, -0.2) is 9.59 Å². The summed E-state index contributed by atoms with van der Waals surface area (Å²) in [7, 11) is 1.46. The molecule has 1 fully saturated rings. The summed E-state index contributed by atoms with van der Waals surface area (Å²) >= 11 is 0. The van der Waals surface area contributed by atoms with E-state index in [1.54, 1.807) is 0 Å². The van der Waals surface area contributed by atoms with Crippen LogP contribution in [0.3, 0.4) is 0 Å². The van der Waals surface area contributed by atoms with Crippen LogP contribution >= 0.6 is 0 Å². The lowest BCUT2D eigenvalue weighted by atomic mass is 10.3. The molecule has 0 spiro atoms. The van der Waals surface area contributed by atoms with Crippen molar-refractivity contribution in [2.75, 3.05) is 13.6 Å². The molecule has 1 heterocycles. The molecule has 5 nitrogen and oxygen atoms in total. The van der Waals surface area contributed by atoms with Gasteiger partial charge in [-0.2, -0.15) is 0 Å². The van der Waals surface area contributed by atoms with Crippen molar-refractivity contribution in [3.63, 3.8) is 0 Å². The number of carboxylic acid groups (broad SMARTS) is 1. The third-order valence-electron chi connectivity index (χ3n) is 1.52. The van der Waals surface area contributed by atoms with E-state index in [2.05, 4.69) is 5.32 Å². The highest BCUT2D eigenvalue weighted by Gasteiger charge is 2.32. The second-order valence-electron chi connectivity index (χ2n) is 2.15. The van der Waals surface area contributed by atoms with Crippen molar-refractivity contribution in [3.05, 3.63) is 0 Å². The quantitative estimate of drug-likeness (QED) is 0.500. The van der Waals surface area contributed by atoms with Crippen LogP contribution in [0.25, 0.3) is 0 Å². The zero-order valence-electron chi connectivity index (χ0n) is 5.50. The fourth-order valence-corrected chi connectivity index (χ4v) is 0.840. The van der Waals surface area contributed by atoms with E-state index >= 15 is 0 Å². The first-order valence-electron chi connectivity index (χ1n) is 2.86. The third kappa shape index (κ3) is 0.896. The van der Waals surface area contributed by atoms with Crippen LogP contribution in [0.15, 0.2) is 0 Å². The number of aliphatic carboxylic acids is 1. The van der Waals surface area contributed by atoms with Crippen molar-refractivity contribution in [1.29, 1.82) is 0 Å². The monoisotopic (exact) mass is 144 g/mol. The van der Waals surface area contributed by atoms with E-state index in [9.17, 15) is 9.59 Å². The van der Waals surface area contributed by atoms with Crippen molar-refractivity contribution in [3.8, 4) is 0 Å². The molecule has 1 atom stereocenters. The van der Waals surface area contributed by atoms with Crippen molar-refractivity contribution in [1.82, 2.24) is 10.2 Å². The van der Waals surface area contributed by atoms with E-state index < -0.39 is 12.0 Å². The molecule has 2 N–H and O–H groups in total. The van der Waals surface area contributed by atoms with Crippen LogP contribution in [0.1, 0.15) is 0 Å². The molecule has 0 radical (unpaired) electrons. The summed E-state index contributed by atoms with van der Waals surface area (Å²) < 4.78 is 0. The van der Waals surface area contributed by atoms with Gasteiger partial charge in [0.1, 0.15) is 6.04 Å². The molecule has 0 aromatic heterocycles. The van der Waals surface area contributed by atoms with Gasteiger partial charge in [0, 0.05) is 7.05 Å². The predicted molar refractivity (Wildman–Crippen MR) is 32.6 cm³/mol. The minimum absolute atomic E-state index is 0.199. The minimum Gasteiger partial charge on any atom is -0.480 e. The Balaban J connectivity index is 2.66. The van der Waals surface area contributed by atoms with Crippen LogP contribution in [0.2, 0.25) is 0 Å². The van der Waals surface area contributed by atoms with Gasteiger partial charge in [0.2, 0.25) is 0 Å². The molecule has 0 aromatic carbocycles. The van der Waals surface area contributed by atoms with Crippen LogP contribution < -0.4 is 5.32 Å². The maximum absolute atomic E-state index is 10.6. The van der Waals surface area contributed by atoms with Crippen molar-refractivity contribution in [2.24, 2.45) is 0 Å². The summed E-state index contributed by atoms with van der Waals surface area (Å²) in [5, 5.41) is 10.9. The number of hydrogen-bond acceptors (Lipinski definition) is 2. The first-order valence-corrected chi connectivity index (χ1v) is 2.86. The highest BCUT2D eigenvalue weighted by Crippen LogP contribution is 2.02. The SMILES string of the molecule is CN1C(=O)NC[C@@H]1C(=O)O. The van der Waals surface area contributed by atoms with E-state index in [0.717, 1.165) is 0 Å². The van der Waals surface area contributed by atoms with Gasteiger partial charge in [0.05, 0.1) is 6.54 Å². The smallest absolute Gasteiger partial charge is 0.328 e. The van der Waals surface area contributed by atoms with Crippen LogP contribution in [0.5, 0.6) is 0 Å². The zero-order chi connectivity index (χ0) is 7.72. The molecule has 0 unspecified atom stereocenters. The molecule has 0 bridgehead atoms. The molecule has 1 rings (SSSR count). The van der Waals surface area contributed by atoms with Gasteiger partial charge in [-0.1, -0.05) is 0 Å². The number of urea groups is 1. The Labute approximate surface area is 57.6 Å². The van der Waals surface area contributed by atoms with E-state index in [4.69, 9.17) is 5.11 Å². The van der Waals surface area contributed by atoms with Gasteiger partial charge in [-0.3, -0.25) is 0 Å². The van der Waals surface area contributed by atoms with Gasteiger partial charge < -0.3 is 15.3 Å². The second kappa shape index (κ2) is 2.17. The fourth-order valence-electron chi connectivity index (χ4n) is 0.840. The molecule has 5 heteroatoms. The number of amides is 2. The number of hydrogen-bond donors (Lipinski definition) is 2. The molecule has 0 aromatic rings. The molecule has 10 heavy (non-hydrogen) atoms. The standard InChI is InChI=1S/C5H8N2O3/c1-7-3(4(8)9)2-6-5(7)10/h3H,2H2,1H3,(H,6,10)(H,8,9)/t3-/m1/s1. The predicted octanol–water partition coefficient (Wildman–Crippen LogP) is -0.905. The largest absolute Gasteiger partial charge is 0.480 e. The van der Waals surface area contributed by atoms with Crippen LogP contribution in [0, 0.1) is 0 Å². The molecule has 1 aliphatic rings. The summed E-state index contributed by atoms with van der Waals surface area (Å²) in [4.78, 5) is 22.1. The molecule has 0 aliphatic carbocycles. The van der Waals surface area contributed by atoms with Gasteiger partial charge in [-0.05, 0) is 0 Å². The highest BCUT2D eigenvalue weighted by atomic mass is 16.4. The second-order valence-corrected chi connectivity index (χ2v) is 2.15. The number of rotatable bonds is 1. The third-order valence-corrected chi connectivity index (χ3v) is 1.52. The molecule has 1 aliphatic heterocycles. The van der Waals surface area contributed by atoms with Gasteiger partial charge >= 0.3 is 12.0 Å². The number of carbonyl (C=O) groups excluding carboxylic acids is 1. The lowest BCUT2D eigenvalue weighted by Crippen LogP contribution is -2.36. The Morgan fingerprint density at radius 2 is 2.50 bits per heavy atom. The van der Waals surface area contributed by atoms with Crippen LogP contribution in [-0.4, -0.2) is 41.6 Å². The fraction of sp³-hybridized carbons (Fsp3) is 0.600. The summed E-state index contributed by atoms with van der Waals surface area (Å²) in [5.41, 5.74) is 0. The molecule has 2 amide bonds. The average Bonchev–Trinajstić information content (AvgIpc) is 2.14. The van der Waals surface area contributed by atoms with Crippen molar-refractivity contribution < 1.29 is 14.7 Å². The Morgan fingerprint density at radius 1 is 1.90 bits per heavy atom. The Bertz CT molecular complexity index is 180. The summed E-state index contributed by atoms with van der Waals surface area (Å²) in [6.07, 6.45) is 0. The topological polar surface area (TPSA) is 69.6 Å². The minimum atomic E-state index is -0.971. The molecule has 56 valence electrons. The Kier molecular flexibility index (Phi) is 1.48.